The largest absolute Gasteiger partial charge is 0.373 e. The fourth-order valence-corrected chi connectivity index (χ4v) is 5.50. The lowest BCUT2D eigenvalue weighted by molar-refractivity contribution is -0.191. The Bertz CT molecular complexity index is 2170. The van der Waals surface area contributed by atoms with Crippen LogP contribution in [0.5, 0.6) is 0 Å². The van der Waals surface area contributed by atoms with E-state index in [1.54, 1.807) is 95.3 Å². The molecule has 0 bridgehead atoms. The van der Waals surface area contributed by atoms with E-state index in [1.807, 2.05) is 24.3 Å². The summed E-state index contributed by atoms with van der Waals surface area (Å²) in [5, 5.41) is 29.3. The molecule has 0 unspecified atom stereocenters. The van der Waals surface area contributed by atoms with Gasteiger partial charge in [0.2, 0.25) is 0 Å². The molecule has 0 spiro atoms. The highest BCUT2D eigenvalue weighted by molar-refractivity contribution is 9.14. The van der Waals surface area contributed by atoms with Crippen molar-refractivity contribution in [2.75, 3.05) is 0 Å². The Morgan fingerprint density at radius 2 is 1.11 bits per heavy atom. The van der Waals surface area contributed by atoms with Gasteiger partial charge in [0.25, 0.3) is 0 Å². The lowest BCUT2D eigenvalue weighted by Gasteiger charge is -2.00. The molecule has 25 heteroatoms. The van der Waals surface area contributed by atoms with Crippen LogP contribution in [-0.4, -0.2) is 71.3 Å². The molecule has 292 valence electrons. The number of hydrogen-bond acceptors (Lipinski definition) is 10. The van der Waals surface area contributed by atoms with E-state index in [0.717, 1.165) is 27.5 Å². The average molecular weight is 1230 g/mol. The number of H-pyrrole nitrogens is 3. The Hall–Kier alpha value is -3.08. The van der Waals surface area contributed by atoms with Crippen LogP contribution in [0.2, 0.25) is 20.2 Å². The van der Waals surface area contributed by atoms with Gasteiger partial charge in [-0.15, -0.1) is 0 Å². The van der Waals surface area contributed by atoms with E-state index in [-0.39, 0.29) is 6.15 Å². The molecule has 8 aromatic heterocycles. The number of nitrogens with zero attached hydrogens (tertiary/aromatic N) is 10. The zero-order valence-corrected chi connectivity index (χ0v) is 40.0. The number of carbonyl (C=O) groups excluding carboxylic acids is 2. The Kier molecular flexibility index (Phi) is 24.8. The summed E-state index contributed by atoms with van der Waals surface area (Å²) in [6.07, 6.45) is 13.9. The van der Waals surface area contributed by atoms with Crippen molar-refractivity contribution in [2.45, 2.75) is 0 Å². The van der Waals surface area contributed by atoms with Crippen LogP contribution in [0.3, 0.4) is 0 Å². The van der Waals surface area contributed by atoms with Gasteiger partial charge in [-0.3, -0.25) is 15.3 Å². The summed E-state index contributed by atoms with van der Waals surface area (Å²) in [4.78, 5) is 28.2. The van der Waals surface area contributed by atoms with Crippen LogP contribution in [0.1, 0.15) is 0 Å². The van der Waals surface area contributed by atoms with Crippen LogP contribution in [-0.2, 0) is 9.59 Å². The quantitative estimate of drug-likeness (QED) is 0.140. The third kappa shape index (κ3) is 19.4. The standard InChI is InChI=1S/2C8H5BrClN3.C5H3Cl2N.C3HBr3N2.C3H3BrN2.C3H4N2.CO2/c2*9-7-3-5-13(12-7)8-6(10)2-1-4-11-8;6-4-2-1-3-8-5(4)7;4-1-2(5)7-8-3(1)6;4-3-1-2-5-6-3;1-2-4-5-3-1;2-1-3/h2*1-5H;1-3H;(H,7,8);1-2H,(H,5,6);1-3H,(H,4,5);. The maximum absolute atomic E-state index is 8.12. The normalized spacial score (nSPS) is 9.32. The molecule has 8 rings (SSSR count). The first-order valence-electron chi connectivity index (χ1n) is 14.4. The van der Waals surface area contributed by atoms with Gasteiger partial charge < -0.3 is 0 Å². The van der Waals surface area contributed by atoms with E-state index in [4.69, 9.17) is 56.0 Å². The maximum atomic E-state index is 8.12. The number of aromatic nitrogens is 13. The predicted molar refractivity (Wildman–Crippen MR) is 234 cm³/mol. The lowest BCUT2D eigenvalue weighted by atomic mass is 10.4. The topological polar surface area (TPSA) is 194 Å². The second-order valence-corrected chi connectivity index (χ2v) is 15.4. The van der Waals surface area contributed by atoms with E-state index >= 15 is 0 Å². The average Bonchev–Trinajstić information content (AvgIpc) is 4.06. The monoisotopic (exact) mass is 1220 g/mol. The molecule has 0 atom stereocenters. The molecule has 0 saturated heterocycles. The van der Waals surface area contributed by atoms with Gasteiger partial charge in [-0.25, -0.2) is 24.3 Å². The molecule has 0 fully saturated rings. The van der Waals surface area contributed by atoms with Crippen molar-refractivity contribution < 1.29 is 9.59 Å². The fourth-order valence-electron chi connectivity index (χ4n) is 3.04. The van der Waals surface area contributed by atoms with Gasteiger partial charge in [-0.05, 0) is 156 Å². The Morgan fingerprint density at radius 3 is 1.34 bits per heavy atom. The van der Waals surface area contributed by atoms with Crippen LogP contribution in [0.4, 0.5) is 0 Å². The first kappa shape index (κ1) is 49.1. The van der Waals surface area contributed by atoms with Gasteiger partial charge in [-0.1, -0.05) is 46.4 Å². The Balaban J connectivity index is 0.000000236. The number of hydrogen-bond donors (Lipinski definition) is 3. The van der Waals surface area contributed by atoms with E-state index in [1.165, 1.54) is 0 Å². The predicted octanol–water partition coefficient (Wildman–Crippen LogP) is 11.5. The van der Waals surface area contributed by atoms with Crippen molar-refractivity contribution in [1.29, 1.82) is 0 Å². The molecule has 8 aromatic rings. The van der Waals surface area contributed by atoms with E-state index in [2.05, 4.69) is 151 Å². The SMILES string of the molecule is Brc1ccn[nH]1.Brc1n[nH]c(Br)c1Br.Clc1cccnc1-n1ccc(Br)n1.Clc1cccnc1-n1ccc(Br)n1.Clc1cccnc1Cl.O=C=O.c1cn[nH]c1. The zero-order chi connectivity index (χ0) is 41.3. The summed E-state index contributed by atoms with van der Waals surface area (Å²) in [5.41, 5.74) is 0. The summed E-state index contributed by atoms with van der Waals surface area (Å²) in [6.45, 7) is 0. The van der Waals surface area contributed by atoms with Crippen LogP contribution in [0.15, 0.2) is 138 Å². The third-order valence-electron chi connectivity index (χ3n) is 5.24. The van der Waals surface area contributed by atoms with E-state index < -0.39 is 0 Å². The molecule has 0 aliphatic rings. The summed E-state index contributed by atoms with van der Waals surface area (Å²) in [7, 11) is 0. The number of halogens is 10. The smallest absolute Gasteiger partial charge is 0.286 e. The molecule has 0 aromatic carbocycles. The fraction of sp³-hybridized carbons (Fsp3) is 0. The Morgan fingerprint density at radius 1 is 0.589 bits per heavy atom. The summed E-state index contributed by atoms with van der Waals surface area (Å²) < 4.78 is 8.22. The van der Waals surface area contributed by atoms with Gasteiger partial charge in [0.1, 0.15) is 28.2 Å². The van der Waals surface area contributed by atoms with Crippen molar-refractivity contribution >= 4 is 148 Å². The van der Waals surface area contributed by atoms with Crippen molar-refractivity contribution in [3.63, 3.8) is 0 Å². The number of nitrogens with one attached hydrogen (secondary N) is 3. The van der Waals surface area contributed by atoms with Crippen molar-refractivity contribution in [3.05, 3.63) is 158 Å². The molecule has 0 amide bonds. The molecule has 0 saturated carbocycles. The molecular formula is C31H21Br6Cl4N13O2. The molecule has 8 heterocycles. The van der Waals surface area contributed by atoms with Gasteiger partial charge in [0.15, 0.2) is 11.6 Å². The molecule has 0 aliphatic heterocycles. The van der Waals surface area contributed by atoms with Gasteiger partial charge >= 0.3 is 6.15 Å². The molecule has 56 heavy (non-hydrogen) atoms. The highest BCUT2D eigenvalue weighted by atomic mass is 79.9. The summed E-state index contributed by atoms with van der Waals surface area (Å²) >= 11 is 42.2. The van der Waals surface area contributed by atoms with E-state index in [9.17, 15) is 0 Å². The molecule has 0 radical (unpaired) electrons. The van der Waals surface area contributed by atoms with Crippen molar-refractivity contribution in [1.82, 2.24) is 65.1 Å². The zero-order valence-electron chi connectivity index (χ0n) is 27.5. The maximum Gasteiger partial charge on any atom is 0.373 e. The minimum atomic E-state index is 0.250. The van der Waals surface area contributed by atoms with Crippen molar-refractivity contribution in [2.24, 2.45) is 0 Å². The molecular weight excluding hydrogens is 1210 g/mol. The minimum Gasteiger partial charge on any atom is -0.286 e. The third-order valence-corrected chi connectivity index (χ3v) is 10.8. The molecule has 15 nitrogen and oxygen atoms in total. The highest BCUT2D eigenvalue weighted by Gasteiger charge is 2.05. The van der Waals surface area contributed by atoms with Crippen LogP contribution < -0.4 is 0 Å². The number of pyridine rings is 3. The second-order valence-electron chi connectivity index (χ2n) is 8.96. The second kappa shape index (κ2) is 28.3. The van der Waals surface area contributed by atoms with Gasteiger partial charge in [0.05, 0.1) is 19.5 Å². The number of aromatic amines is 3. The molecule has 3 N–H and O–H groups in total. The first-order chi connectivity index (χ1) is 26.9. The summed E-state index contributed by atoms with van der Waals surface area (Å²) in [5.74, 6) is 1.27. The van der Waals surface area contributed by atoms with Gasteiger partial charge in [0, 0.05) is 49.6 Å². The lowest BCUT2D eigenvalue weighted by Crippen LogP contribution is -1.98. The van der Waals surface area contributed by atoms with Crippen LogP contribution >= 0.6 is 142 Å². The first-order valence-corrected chi connectivity index (χ1v) is 20.7. The Labute approximate surface area is 388 Å². The minimum absolute atomic E-state index is 0.250. The van der Waals surface area contributed by atoms with Crippen molar-refractivity contribution in [3.8, 4) is 11.6 Å². The number of rotatable bonds is 2. The van der Waals surface area contributed by atoms with E-state index in [0.29, 0.717) is 31.9 Å². The van der Waals surface area contributed by atoms with Crippen LogP contribution in [0.25, 0.3) is 11.6 Å². The van der Waals surface area contributed by atoms with Gasteiger partial charge in [-0.2, -0.15) is 35.1 Å². The molecule has 0 aliphatic carbocycles. The summed E-state index contributed by atoms with van der Waals surface area (Å²) in [6, 6.07) is 17.9. The highest BCUT2D eigenvalue weighted by Crippen LogP contribution is 2.27. The van der Waals surface area contributed by atoms with Crippen LogP contribution in [0, 0.1) is 0 Å².